The second kappa shape index (κ2) is 6.70. The highest BCUT2D eigenvalue weighted by Gasteiger charge is 2.03. The van der Waals surface area contributed by atoms with E-state index in [4.69, 9.17) is 9.84 Å². The summed E-state index contributed by atoms with van der Waals surface area (Å²) in [5, 5.41) is 11.6. The van der Waals surface area contributed by atoms with Gasteiger partial charge < -0.3 is 15.2 Å². The van der Waals surface area contributed by atoms with Gasteiger partial charge in [0, 0.05) is 18.7 Å². The van der Waals surface area contributed by atoms with Crippen molar-refractivity contribution in [1.82, 2.24) is 5.32 Å². The zero-order valence-corrected chi connectivity index (χ0v) is 10.0. The van der Waals surface area contributed by atoms with Crippen molar-refractivity contribution in [2.24, 2.45) is 0 Å². The topological polar surface area (TPSA) is 58.6 Å². The molecular formula is C13H17NO3. The molecule has 1 rings (SSSR count). The lowest BCUT2D eigenvalue weighted by Gasteiger charge is -2.13. The minimum atomic E-state index is -0.927. The quantitative estimate of drug-likeness (QED) is 0.740. The minimum absolute atomic E-state index is 0.166. The summed E-state index contributed by atoms with van der Waals surface area (Å²) < 4.78 is 5.08. The fourth-order valence-electron chi connectivity index (χ4n) is 1.41. The van der Waals surface area contributed by atoms with Gasteiger partial charge in [-0.15, -0.1) is 0 Å². The maximum atomic E-state index is 10.3. The van der Waals surface area contributed by atoms with E-state index in [1.165, 1.54) is 0 Å². The molecule has 1 aromatic carbocycles. The van der Waals surface area contributed by atoms with E-state index in [1.807, 2.05) is 31.2 Å². The summed E-state index contributed by atoms with van der Waals surface area (Å²) in [5.74, 6) is -0.101. The molecule has 0 saturated heterocycles. The molecule has 0 radical (unpaired) electrons. The highest BCUT2D eigenvalue weighted by atomic mass is 16.5. The normalized spacial score (nSPS) is 12.6. The van der Waals surface area contributed by atoms with Crippen LogP contribution in [0.3, 0.4) is 0 Å². The minimum Gasteiger partial charge on any atom is -0.497 e. The number of methoxy groups -OCH3 is 1. The third kappa shape index (κ3) is 4.70. The van der Waals surface area contributed by atoms with Crippen molar-refractivity contribution in [1.29, 1.82) is 0 Å². The largest absolute Gasteiger partial charge is 0.497 e. The molecule has 1 aromatic rings. The van der Waals surface area contributed by atoms with Crippen LogP contribution >= 0.6 is 0 Å². The molecule has 0 fully saturated rings. The van der Waals surface area contributed by atoms with Crippen molar-refractivity contribution < 1.29 is 14.6 Å². The predicted molar refractivity (Wildman–Crippen MR) is 66.2 cm³/mol. The first-order valence-corrected chi connectivity index (χ1v) is 5.40. The number of aliphatic carboxylic acids is 1. The van der Waals surface area contributed by atoms with Crippen molar-refractivity contribution in [2.45, 2.75) is 13.0 Å². The number of hydrogen-bond acceptors (Lipinski definition) is 3. The van der Waals surface area contributed by atoms with Gasteiger partial charge >= 0.3 is 5.97 Å². The van der Waals surface area contributed by atoms with Crippen LogP contribution in [0.4, 0.5) is 0 Å². The monoisotopic (exact) mass is 235 g/mol. The lowest BCUT2D eigenvalue weighted by Crippen LogP contribution is -2.18. The van der Waals surface area contributed by atoms with Crippen LogP contribution < -0.4 is 10.1 Å². The Labute approximate surface area is 101 Å². The van der Waals surface area contributed by atoms with Crippen LogP contribution in [0.25, 0.3) is 0 Å². The van der Waals surface area contributed by atoms with Crippen LogP contribution in [0, 0.1) is 0 Å². The summed E-state index contributed by atoms with van der Waals surface area (Å²) in [4.78, 5) is 10.3. The molecule has 0 aromatic heterocycles. The Bertz CT molecular complexity index is 384. The van der Waals surface area contributed by atoms with E-state index in [0.29, 0.717) is 6.54 Å². The molecule has 0 aliphatic rings. The fourth-order valence-corrected chi connectivity index (χ4v) is 1.41. The van der Waals surface area contributed by atoms with Crippen molar-refractivity contribution in [2.75, 3.05) is 13.7 Å². The fraction of sp³-hybridized carbons (Fsp3) is 0.308. The van der Waals surface area contributed by atoms with E-state index in [2.05, 4.69) is 5.32 Å². The molecule has 0 aliphatic heterocycles. The highest BCUT2D eigenvalue weighted by Crippen LogP contribution is 2.16. The summed E-state index contributed by atoms with van der Waals surface area (Å²) in [6.07, 6.45) is 2.72. The number of rotatable bonds is 6. The van der Waals surface area contributed by atoms with Gasteiger partial charge in [0.2, 0.25) is 0 Å². The molecule has 92 valence electrons. The van der Waals surface area contributed by atoms with Crippen LogP contribution in [-0.4, -0.2) is 24.7 Å². The van der Waals surface area contributed by atoms with Gasteiger partial charge in [0.25, 0.3) is 0 Å². The van der Waals surface area contributed by atoms with E-state index < -0.39 is 5.97 Å². The summed E-state index contributed by atoms with van der Waals surface area (Å²) >= 11 is 0. The summed E-state index contributed by atoms with van der Waals surface area (Å²) in [6.45, 7) is 2.55. The molecule has 1 unspecified atom stereocenters. The Morgan fingerprint density at radius 2 is 2.12 bits per heavy atom. The molecule has 0 aliphatic carbocycles. The molecule has 17 heavy (non-hydrogen) atoms. The Morgan fingerprint density at radius 3 is 2.65 bits per heavy atom. The molecule has 0 spiro atoms. The summed E-state index contributed by atoms with van der Waals surface area (Å²) in [5.41, 5.74) is 1.13. The highest BCUT2D eigenvalue weighted by molar-refractivity contribution is 5.79. The molecule has 0 heterocycles. The maximum absolute atomic E-state index is 10.3. The first kappa shape index (κ1) is 13.3. The smallest absolute Gasteiger partial charge is 0.328 e. The zero-order valence-electron chi connectivity index (χ0n) is 10.0. The van der Waals surface area contributed by atoms with Gasteiger partial charge in [-0.25, -0.2) is 4.79 Å². The number of hydrogen-bond donors (Lipinski definition) is 2. The van der Waals surface area contributed by atoms with Gasteiger partial charge in [-0.2, -0.15) is 0 Å². The van der Waals surface area contributed by atoms with Crippen LogP contribution in [0.1, 0.15) is 18.5 Å². The molecule has 4 nitrogen and oxygen atoms in total. The van der Waals surface area contributed by atoms with E-state index >= 15 is 0 Å². The van der Waals surface area contributed by atoms with E-state index in [9.17, 15) is 4.79 Å². The Kier molecular flexibility index (Phi) is 5.23. The molecule has 0 saturated carbocycles. The molecule has 0 bridgehead atoms. The van der Waals surface area contributed by atoms with E-state index in [0.717, 1.165) is 17.4 Å². The van der Waals surface area contributed by atoms with Gasteiger partial charge in [0.15, 0.2) is 0 Å². The maximum Gasteiger partial charge on any atom is 0.328 e. The van der Waals surface area contributed by atoms with Crippen LogP contribution in [0.2, 0.25) is 0 Å². The Hall–Kier alpha value is -1.81. The van der Waals surface area contributed by atoms with Crippen molar-refractivity contribution in [3.63, 3.8) is 0 Å². The summed E-state index contributed by atoms with van der Waals surface area (Å²) in [7, 11) is 1.63. The van der Waals surface area contributed by atoms with Crippen LogP contribution in [0.5, 0.6) is 5.75 Å². The van der Waals surface area contributed by atoms with Crippen molar-refractivity contribution in [3.05, 3.63) is 42.0 Å². The Morgan fingerprint density at radius 1 is 1.47 bits per heavy atom. The predicted octanol–water partition coefficient (Wildman–Crippen LogP) is 1.99. The first-order valence-electron chi connectivity index (χ1n) is 5.40. The van der Waals surface area contributed by atoms with Gasteiger partial charge in [-0.3, -0.25) is 0 Å². The van der Waals surface area contributed by atoms with Crippen LogP contribution in [0.15, 0.2) is 36.4 Å². The second-order valence-corrected chi connectivity index (χ2v) is 3.64. The molecule has 4 heteroatoms. The number of carboxylic acid groups (broad SMARTS) is 1. The molecular weight excluding hydrogens is 218 g/mol. The third-order valence-electron chi connectivity index (χ3n) is 2.42. The van der Waals surface area contributed by atoms with Gasteiger partial charge in [0.1, 0.15) is 5.75 Å². The third-order valence-corrected chi connectivity index (χ3v) is 2.42. The number of benzene rings is 1. The summed E-state index contributed by atoms with van der Waals surface area (Å²) in [6, 6.07) is 7.94. The molecule has 0 amide bonds. The van der Waals surface area contributed by atoms with Crippen LogP contribution in [-0.2, 0) is 4.79 Å². The number of carboxylic acids is 1. The second-order valence-electron chi connectivity index (χ2n) is 3.64. The average Bonchev–Trinajstić information content (AvgIpc) is 2.34. The number of nitrogens with one attached hydrogen (secondary N) is 1. The van der Waals surface area contributed by atoms with E-state index in [-0.39, 0.29) is 6.04 Å². The van der Waals surface area contributed by atoms with Gasteiger partial charge in [0.05, 0.1) is 7.11 Å². The molecule has 2 N–H and O–H groups in total. The van der Waals surface area contributed by atoms with Gasteiger partial charge in [-0.05, 0) is 24.6 Å². The lowest BCUT2D eigenvalue weighted by atomic mass is 10.1. The number of carbonyl (C=O) groups is 1. The standard InChI is InChI=1S/C13H17NO3/c1-10(14-9-3-4-13(15)16)11-5-7-12(17-2)8-6-11/h3-8,10,14H,9H2,1-2H3,(H,15,16)/b4-3+. The van der Waals surface area contributed by atoms with Crippen molar-refractivity contribution in [3.8, 4) is 5.75 Å². The Balaban J connectivity index is 2.46. The lowest BCUT2D eigenvalue weighted by molar-refractivity contribution is -0.131. The van der Waals surface area contributed by atoms with Crippen molar-refractivity contribution >= 4 is 5.97 Å². The zero-order chi connectivity index (χ0) is 12.7. The van der Waals surface area contributed by atoms with Gasteiger partial charge in [-0.1, -0.05) is 18.2 Å². The van der Waals surface area contributed by atoms with E-state index in [1.54, 1.807) is 13.2 Å². The SMILES string of the molecule is COc1ccc(C(C)NC/C=C/C(=O)O)cc1. The average molecular weight is 235 g/mol. The first-order chi connectivity index (χ1) is 8.13. The molecule has 1 atom stereocenters. The number of ether oxygens (including phenoxy) is 1.